The van der Waals surface area contributed by atoms with Crippen molar-refractivity contribution in [2.75, 3.05) is 17.2 Å². The highest BCUT2D eigenvalue weighted by Crippen LogP contribution is 2.29. The van der Waals surface area contributed by atoms with Gasteiger partial charge >= 0.3 is 0 Å². The van der Waals surface area contributed by atoms with Crippen LogP contribution in [0.25, 0.3) is 0 Å². The lowest BCUT2D eigenvalue weighted by Crippen LogP contribution is -2.29. The molecule has 0 aliphatic rings. The molecule has 1 aromatic carbocycles. The van der Waals surface area contributed by atoms with Crippen LogP contribution in [0.4, 0.5) is 11.4 Å². The van der Waals surface area contributed by atoms with Crippen LogP contribution >= 0.6 is 11.3 Å². The number of hydrogen-bond acceptors (Lipinski definition) is 4. The van der Waals surface area contributed by atoms with Crippen molar-refractivity contribution in [2.24, 2.45) is 0 Å². The quantitative estimate of drug-likeness (QED) is 0.764. The van der Waals surface area contributed by atoms with E-state index in [-0.39, 0.29) is 0 Å². The molecule has 0 saturated heterocycles. The minimum atomic E-state index is 0.396. The largest absolute Gasteiger partial charge is 0.493 e. The van der Waals surface area contributed by atoms with Crippen molar-refractivity contribution < 1.29 is 4.74 Å². The van der Waals surface area contributed by atoms with Crippen LogP contribution in [0.2, 0.25) is 0 Å². The van der Waals surface area contributed by atoms with Crippen molar-refractivity contribution in [2.45, 2.75) is 39.8 Å². The summed E-state index contributed by atoms with van der Waals surface area (Å²) in [6.07, 6.45) is 0.993. The lowest BCUT2D eigenvalue weighted by Gasteiger charge is -2.29. The first-order valence-corrected chi connectivity index (χ1v) is 8.30. The van der Waals surface area contributed by atoms with Crippen molar-refractivity contribution >= 4 is 22.7 Å². The van der Waals surface area contributed by atoms with Crippen LogP contribution in [0.15, 0.2) is 35.7 Å². The molecule has 4 heteroatoms. The molecule has 0 radical (unpaired) electrons. The number of nitrogens with two attached hydrogens (primary N) is 1. The van der Waals surface area contributed by atoms with E-state index in [9.17, 15) is 0 Å². The topological polar surface area (TPSA) is 38.5 Å². The number of ether oxygens (including phenoxy) is 1. The number of anilines is 2. The van der Waals surface area contributed by atoms with Gasteiger partial charge in [-0.25, -0.2) is 0 Å². The van der Waals surface area contributed by atoms with Gasteiger partial charge in [-0.1, -0.05) is 13.0 Å². The number of rotatable bonds is 7. The molecular weight excluding hydrogens is 280 g/mol. The van der Waals surface area contributed by atoms with Crippen LogP contribution in [0.3, 0.4) is 0 Å². The summed E-state index contributed by atoms with van der Waals surface area (Å²) >= 11 is 1.78. The Morgan fingerprint density at radius 3 is 2.71 bits per heavy atom. The molecular formula is C17H24N2OS. The first-order chi connectivity index (χ1) is 10.1. The number of nitrogen functional groups attached to an aromatic ring is 1. The van der Waals surface area contributed by atoms with Crippen LogP contribution in [0.5, 0.6) is 5.75 Å². The number of thiophene rings is 1. The fourth-order valence-electron chi connectivity index (χ4n) is 2.22. The van der Waals surface area contributed by atoms with Gasteiger partial charge in [0.2, 0.25) is 0 Å². The molecule has 114 valence electrons. The highest BCUT2D eigenvalue weighted by molar-refractivity contribution is 7.09. The molecule has 0 spiro atoms. The fourth-order valence-corrected chi connectivity index (χ4v) is 2.92. The molecule has 0 saturated carbocycles. The van der Waals surface area contributed by atoms with E-state index in [0.717, 1.165) is 36.7 Å². The maximum absolute atomic E-state index is 6.04. The van der Waals surface area contributed by atoms with E-state index in [1.54, 1.807) is 11.3 Å². The van der Waals surface area contributed by atoms with Crippen molar-refractivity contribution in [3.8, 4) is 5.75 Å². The van der Waals surface area contributed by atoms with Gasteiger partial charge in [0, 0.05) is 34.4 Å². The molecule has 2 rings (SSSR count). The van der Waals surface area contributed by atoms with E-state index in [1.165, 1.54) is 4.88 Å². The highest BCUT2D eigenvalue weighted by Gasteiger charge is 2.13. The van der Waals surface area contributed by atoms with Crippen molar-refractivity contribution in [3.05, 3.63) is 40.6 Å². The third-order valence-corrected chi connectivity index (χ3v) is 4.11. The summed E-state index contributed by atoms with van der Waals surface area (Å²) < 4.78 is 5.74. The first-order valence-electron chi connectivity index (χ1n) is 7.42. The Morgan fingerprint density at radius 1 is 1.29 bits per heavy atom. The van der Waals surface area contributed by atoms with Crippen molar-refractivity contribution in [3.63, 3.8) is 0 Å². The average molecular weight is 304 g/mol. The van der Waals surface area contributed by atoms with Crippen molar-refractivity contribution in [1.82, 2.24) is 0 Å². The van der Waals surface area contributed by atoms with E-state index in [2.05, 4.69) is 49.3 Å². The standard InChI is InChI=1S/C17H24N2OS/c1-4-7-20-16-10-14(18)9-15(11-16)19(13(2)3)12-17-6-5-8-21-17/h5-6,8-11,13H,4,7,12,18H2,1-3H3. The SMILES string of the molecule is CCCOc1cc(N)cc(N(Cc2cccs2)C(C)C)c1. The molecule has 3 nitrogen and oxygen atoms in total. The zero-order valence-electron chi connectivity index (χ0n) is 13.0. The van der Waals surface area contributed by atoms with Crippen LogP contribution in [0, 0.1) is 0 Å². The number of hydrogen-bond donors (Lipinski definition) is 1. The van der Waals surface area contributed by atoms with Gasteiger partial charge in [0.05, 0.1) is 13.2 Å². The third kappa shape index (κ3) is 4.39. The lowest BCUT2D eigenvalue weighted by molar-refractivity contribution is 0.317. The maximum atomic E-state index is 6.04. The van der Waals surface area contributed by atoms with Gasteiger partial charge in [0.15, 0.2) is 0 Å². The second-order valence-electron chi connectivity index (χ2n) is 5.41. The Balaban J connectivity index is 2.24. The molecule has 0 bridgehead atoms. The zero-order chi connectivity index (χ0) is 15.2. The van der Waals surface area contributed by atoms with Gasteiger partial charge in [-0.2, -0.15) is 0 Å². The normalized spacial score (nSPS) is 10.9. The van der Waals surface area contributed by atoms with E-state index >= 15 is 0 Å². The second kappa shape index (κ2) is 7.36. The predicted molar refractivity (Wildman–Crippen MR) is 92.3 cm³/mol. The molecule has 1 aromatic heterocycles. The summed E-state index contributed by atoms with van der Waals surface area (Å²) in [6.45, 7) is 8.11. The van der Waals surface area contributed by atoms with Gasteiger partial charge in [-0.05, 0) is 37.8 Å². The molecule has 1 heterocycles. The summed E-state index contributed by atoms with van der Waals surface area (Å²) in [5.41, 5.74) is 7.90. The molecule has 0 aliphatic carbocycles. The van der Waals surface area contributed by atoms with Gasteiger partial charge < -0.3 is 15.4 Å². The summed E-state index contributed by atoms with van der Waals surface area (Å²) in [5.74, 6) is 0.851. The minimum absolute atomic E-state index is 0.396. The van der Waals surface area contributed by atoms with E-state index in [4.69, 9.17) is 10.5 Å². The van der Waals surface area contributed by atoms with Gasteiger partial charge in [0.1, 0.15) is 5.75 Å². The van der Waals surface area contributed by atoms with Crippen LogP contribution in [-0.2, 0) is 6.54 Å². The first kappa shape index (κ1) is 15.7. The Morgan fingerprint density at radius 2 is 2.10 bits per heavy atom. The maximum Gasteiger partial charge on any atom is 0.123 e. The van der Waals surface area contributed by atoms with Crippen LogP contribution in [-0.4, -0.2) is 12.6 Å². The molecule has 0 unspecified atom stereocenters. The van der Waals surface area contributed by atoms with Crippen molar-refractivity contribution in [1.29, 1.82) is 0 Å². The molecule has 21 heavy (non-hydrogen) atoms. The molecule has 0 aliphatic heterocycles. The van der Waals surface area contributed by atoms with Crippen LogP contribution < -0.4 is 15.4 Å². The summed E-state index contributed by atoms with van der Waals surface area (Å²) in [6, 6.07) is 10.6. The van der Waals surface area contributed by atoms with E-state index in [1.807, 2.05) is 12.1 Å². The summed E-state index contributed by atoms with van der Waals surface area (Å²) in [7, 11) is 0. The third-order valence-electron chi connectivity index (χ3n) is 3.25. The molecule has 0 atom stereocenters. The Kier molecular flexibility index (Phi) is 5.51. The second-order valence-corrected chi connectivity index (χ2v) is 6.44. The van der Waals surface area contributed by atoms with Gasteiger partial charge in [-0.15, -0.1) is 11.3 Å². The lowest BCUT2D eigenvalue weighted by atomic mass is 10.2. The number of nitrogens with zero attached hydrogens (tertiary/aromatic N) is 1. The van der Waals surface area contributed by atoms with Gasteiger partial charge in [-0.3, -0.25) is 0 Å². The van der Waals surface area contributed by atoms with E-state index in [0.29, 0.717) is 6.04 Å². The Hall–Kier alpha value is -1.68. The number of benzene rings is 1. The Labute approximate surface area is 131 Å². The summed E-state index contributed by atoms with van der Waals surface area (Å²) in [5, 5.41) is 2.11. The zero-order valence-corrected chi connectivity index (χ0v) is 13.8. The average Bonchev–Trinajstić information content (AvgIpc) is 2.94. The summed E-state index contributed by atoms with van der Waals surface area (Å²) in [4.78, 5) is 3.70. The highest BCUT2D eigenvalue weighted by atomic mass is 32.1. The molecule has 0 amide bonds. The predicted octanol–water partition coefficient (Wildman–Crippen LogP) is 4.53. The Bertz CT molecular complexity index is 552. The van der Waals surface area contributed by atoms with E-state index < -0.39 is 0 Å². The molecule has 0 fully saturated rings. The minimum Gasteiger partial charge on any atom is -0.493 e. The molecule has 2 N–H and O–H groups in total. The van der Waals surface area contributed by atoms with Gasteiger partial charge in [0.25, 0.3) is 0 Å². The monoisotopic (exact) mass is 304 g/mol. The molecule has 2 aromatic rings. The fraction of sp³-hybridized carbons (Fsp3) is 0.412. The smallest absolute Gasteiger partial charge is 0.123 e. The van der Waals surface area contributed by atoms with Crippen LogP contribution in [0.1, 0.15) is 32.1 Å².